The molecule has 3 heterocycles. The molecule has 0 radical (unpaired) electrons. The summed E-state index contributed by atoms with van der Waals surface area (Å²) in [5.74, 6) is -0.0216. The highest BCUT2D eigenvalue weighted by Crippen LogP contribution is 2.29. The Labute approximate surface area is 249 Å². The number of aryl methyl sites for hydroxylation is 2. The van der Waals surface area contributed by atoms with Gasteiger partial charge in [0.1, 0.15) is 17.7 Å². The van der Waals surface area contributed by atoms with Crippen molar-refractivity contribution in [2.24, 2.45) is 0 Å². The number of halogens is 1. The Balaban J connectivity index is 1.36. The molecule has 0 unspecified atom stereocenters. The topological polar surface area (TPSA) is 119 Å². The van der Waals surface area contributed by atoms with Crippen LogP contribution in [0.2, 0.25) is 0 Å². The van der Waals surface area contributed by atoms with Gasteiger partial charge in [0.25, 0.3) is 5.91 Å². The fourth-order valence-corrected chi connectivity index (χ4v) is 5.29. The number of carbonyl (C=O) groups excluding carboxylic acids is 3. The van der Waals surface area contributed by atoms with Gasteiger partial charge in [-0.2, -0.15) is 0 Å². The highest BCUT2D eigenvalue weighted by Gasteiger charge is 2.34. The van der Waals surface area contributed by atoms with Crippen LogP contribution in [0.5, 0.6) is 17.2 Å². The summed E-state index contributed by atoms with van der Waals surface area (Å²) in [5.41, 5.74) is 2.35. The van der Waals surface area contributed by atoms with Gasteiger partial charge >= 0.3 is 0 Å². The molecule has 2 aromatic carbocycles. The Bertz CT molecular complexity index is 1450. The molecule has 2 aliphatic heterocycles. The molecular formula is C32H35FN4O6. The number of rotatable bonds is 4. The fourth-order valence-electron chi connectivity index (χ4n) is 5.29. The molecule has 2 aliphatic rings. The van der Waals surface area contributed by atoms with Gasteiger partial charge in [0, 0.05) is 57.4 Å². The number of nitrogens with zero attached hydrogens (tertiary/aromatic N) is 2. The number of likely N-dealkylation sites (tertiary alicyclic amines) is 1. The van der Waals surface area contributed by atoms with Crippen LogP contribution in [-0.4, -0.2) is 66.6 Å². The monoisotopic (exact) mass is 590 g/mol. The van der Waals surface area contributed by atoms with Crippen LogP contribution in [-0.2, 0) is 33.8 Å². The number of benzene rings is 2. The van der Waals surface area contributed by atoms with Gasteiger partial charge in [-0.25, -0.2) is 4.39 Å². The van der Waals surface area contributed by atoms with Crippen molar-refractivity contribution in [2.75, 3.05) is 26.8 Å². The van der Waals surface area contributed by atoms with Gasteiger partial charge in [0.15, 0.2) is 18.1 Å². The van der Waals surface area contributed by atoms with Gasteiger partial charge in [-0.15, -0.1) is 0 Å². The van der Waals surface area contributed by atoms with Crippen molar-refractivity contribution >= 4 is 17.7 Å². The molecular weight excluding hydrogens is 555 g/mol. The maximum atomic E-state index is 14.6. The largest absolute Gasteiger partial charge is 0.493 e. The minimum Gasteiger partial charge on any atom is -0.493 e. The zero-order valence-corrected chi connectivity index (χ0v) is 24.0. The van der Waals surface area contributed by atoms with Gasteiger partial charge in [-0.1, -0.05) is 12.1 Å². The molecule has 2 atom stereocenters. The Kier molecular flexibility index (Phi) is 9.70. The van der Waals surface area contributed by atoms with Crippen LogP contribution in [0.4, 0.5) is 4.39 Å². The van der Waals surface area contributed by atoms with Crippen LogP contribution < -0.4 is 24.8 Å². The van der Waals surface area contributed by atoms with E-state index in [1.807, 2.05) is 18.2 Å². The number of amides is 3. The summed E-state index contributed by atoms with van der Waals surface area (Å²) < 4.78 is 32.0. The Hall–Kier alpha value is -4.67. The van der Waals surface area contributed by atoms with E-state index in [9.17, 15) is 18.8 Å². The molecule has 4 bridgehead atoms. The third-order valence-electron chi connectivity index (χ3n) is 7.53. The average Bonchev–Trinajstić information content (AvgIpc) is 3.01. The first-order valence-corrected chi connectivity index (χ1v) is 14.3. The number of ether oxygens (including phenoxy) is 3. The molecule has 1 saturated heterocycles. The maximum Gasteiger partial charge on any atom is 0.258 e. The maximum absolute atomic E-state index is 14.6. The molecule has 226 valence electrons. The zero-order valence-electron chi connectivity index (χ0n) is 24.0. The van der Waals surface area contributed by atoms with Crippen molar-refractivity contribution in [3.05, 3.63) is 83.4 Å². The summed E-state index contributed by atoms with van der Waals surface area (Å²) in [6, 6.07) is 12.8. The van der Waals surface area contributed by atoms with E-state index in [0.29, 0.717) is 49.3 Å². The average molecular weight is 591 g/mol. The second kappa shape index (κ2) is 14.0. The first kappa shape index (κ1) is 29.8. The Morgan fingerprint density at radius 1 is 1.12 bits per heavy atom. The van der Waals surface area contributed by atoms with E-state index < -0.39 is 23.9 Å². The zero-order chi connectivity index (χ0) is 30.2. The van der Waals surface area contributed by atoms with Crippen LogP contribution in [0.3, 0.4) is 0 Å². The SMILES string of the molecule is COc1ccc2cc1OCC(=O)N[C@@H]1CN(C(=O)CCc3cccnc3)CC[C@H]1Oc1cc(F)cc(c1)CNC(=O)CC2. The summed E-state index contributed by atoms with van der Waals surface area (Å²) in [5, 5.41) is 5.81. The molecule has 1 fully saturated rings. The third kappa shape index (κ3) is 8.21. The minimum atomic E-state index is -0.578. The number of carbonyl (C=O) groups is 3. The predicted molar refractivity (Wildman–Crippen MR) is 155 cm³/mol. The first-order chi connectivity index (χ1) is 20.9. The lowest BCUT2D eigenvalue weighted by atomic mass is 10.0. The fraction of sp³-hybridized carbons (Fsp3) is 0.375. The molecule has 3 amide bonds. The van der Waals surface area contributed by atoms with E-state index in [4.69, 9.17) is 14.2 Å². The predicted octanol–water partition coefficient (Wildman–Crippen LogP) is 2.97. The van der Waals surface area contributed by atoms with Crippen molar-refractivity contribution < 1.29 is 33.0 Å². The lowest BCUT2D eigenvalue weighted by Crippen LogP contribution is -2.58. The molecule has 11 heteroatoms. The number of fused-ring (bicyclic) bond motifs is 5. The van der Waals surface area contributed by atoms with E-state index in [0.717, 1.165) is 11.1 Å². The lowest BCUT2D eigenvalue weighted by molar-refractivity contribution is -0.135. The minimum absolute atomic E-state index is 0.0439. The molecule has 0 saturated carbocycles. The summed E-state index contributed by atoms with van der Waals surface area (Å²) in [4.78, 5) is 44.6. The van der Waals surface area contributed by atoms with Crippen LogP contribution in [0.15, 0.2) is 60.9 Å². The van der Waals surface area contributed by atoms with E-state index in [1.54, 1.807) is 35.5 Å². The number of aromatic nitrogens is 1. The molecule has 43 heavy (non-hydrogen) atoms. The summed E-state index contributed by atoms with van der Waals surface area (Å²) >= 11 is 0. The van der Waals surface area contributed by atoms with Gasteiger partial charge in [0.2, 0.25) is 11.8 Å². The smallest absolute Gasteiger partial charge is 0.258 e. The summed E-state index contributed by atoms with van der Waals surface area (Å²) in [7, 11) is 1.51. The Morgan fingerprint density at radius 3 is 2.81 bits per heavy atom. The number of methoxy groups -OCH3 is 1. The van der Waals surface area contributed by atoms with Crippen LogP contribution in [0.25, 0.3) is 0 Å². The van der Waals surface area contributed by atoms with Crippen molar-refractivity contribution in [3.8, 4) is 17.2 Å². The number of pyridine rings is 1. The molecule has 1 aromatic heterocycles. The third-order valence-corrected chi connectivity index (χ3v) is 7.53. The van der Waals surface area contributed by atoms with Crippen LogP contribution in [0.1, 0.15) is 36.0 Å². The number of nitrogens with one attached hydrogen (secondary N) is 2. The molecule has 2 N–H and O–H groups in total. The normalized spacial score (nSPS) is 19.3. The quantitative estimate of drug-likeness (QED) is 0.480. The van der Waals surface area contributed by atoms with Gasteiger partial charge in [-0.3, -0.25) is 19.4 Å². The molecule has 3 aromatic rings. The van der Waals surface area contributed by atoms with Gasteiger partial charge in [-0.05, 0) is 59.9 Å². The first-order valence-electron chi connectivity index (χ1n) is 14.3. The van der Waals surface area contributed by atoms with E-state index in [2.05, 4.69) is 15.6 Å². The number of hydrogen-bond acceptors (Lipinski definition) is 7. The molecule has 0 spiro atoms. The van der Waals surface area contributed by atoms with Crippen molar-refractivity contribution in [1.29, 1.82) is 0 Å². The van der Waals surface area contributed by atoms with Gasteiger partial charge < -0.3 is 29.7 Å². The summed E-state index contributed by atoms with van der Waals surface area (Å²) in [6.45, 7) is 0.470. The molecule has 0 aliphatic carbocycles. The number of piperidine rings is 1. The standard InChI is InChI=1S/C32H35FN4O6/c1-41-28-7-4-21-5-8-30(38)35-18-23-13-24(33)16-25(14-23)43-27-10-12-37(32(40)9-6-22-3-2-11-34-17-22)19-26(27)36-31(39)20-42-29(28)15-21/h2-4,7,11,13-17,26-27H,5-6,8-10,12,18-20H2,1H3,(H,35,38)(H,36,39)/t26-,27-/m1/s1. The van der Waals surface area contributed by atoms with Crippen LogP contribution >= 0.6 is 0 Å². The second-order valence-corrected chi connectivity index (χ2v) is 10.7. The lowest BCUT2D eigenvalue weighted by Gasteiger charge is -2.39. The molecule has 5 rings (SSSR count). The van der Waals surface area contributed by atoms with E-state index in [-0.39, 0.29) is 43.7 Å². The molecule has 10 nitrogen and oxygen atoms in total. The van der Waals surface area contributed by atoms with Crippen molar-refractivity contribution in [3.63, 3.8) is 0 Å². The number of hydrogen-bond donors (Lipinski definition) is 2. The van der Waals surface area contributed by atoms with E-state index in [1.165, 1.54) is 19.2 Å². The highest BCUT2D eigenvalue weighted by atomic mass is 19.1. The Morgan fingerprint density at radius 2 is 2.00 bits per heavy atom. The van der Waals surface area contributed by atoms with Crippen LogP contribution in [0, 0.1) is 5.82 Å². The summed E-state index contributed by atoms with van der Waals surface area (Å²) in [6.07, 6.45) is 4.81. The van der Waals surface area contributed by atoms with Crippen molar-refractivity contribution in [2.45, 2.75) is 50.8 Å². The van der Waals surface area contributed by atoms with Gasteiger partial charge in [0.05, 0.1) is 13.2 Å². The van der Waals surface area contributed by atoms with E-state index >= 15 is 0 Å². The van der Waals surface area contributed by atoms with Crippen molar-refractivity contribution in [1.82, 2.24) is 20.5 Å². The highest BCUT2D eigenvalue weighted by molar-refractivity contribution is 5.79. The second-order valence-electron chi connectivity index (χ2n) is 10.7.